The summed E-state index contributed by atoms with van der Waals surface area (Å²) in [6, 6.07) is 2.32. The third-order valence-corrected chi connectivity index (χ3v) is 1.09. The lowest BCUT2D eigenvalue weighted by molar-refractivity contribution is -0.384. The summed E-state index contributed by atoms with van der Waals surface area (Å²) in [7, 11) is 0. The van der Waals surface area contributed by atoms with E-state index in [1.54, 1.807) is 0 Å². The van der Waals surface area contributed by atoms with Gasteiger partial charge in [-0.25, -0.2) is 0 Å². The van der Waals surface area contributed by atoms with Gasteiger partial charge in [0.15, 0.2) is 0 Å². The molecule has 0 aromatic carbocycles. The van der Waals surface area contributed by atoms with Crippen LogP contribution >= 0.6 is 0 Å². The van der Waals surface area contributed by atoms with Gasteiger partial charge in [0, 0.05) is 23.2 Å². The summed E-state index contributed by atoms with van der Waals surface area (Å²) in [4.78, 5) is 15.6. The van der Waals surface area contributed by atoms with Gasteiger partial charge in [0.05, 0.1) is 4.92 Å². The number of nitrogens with zero attached hydrogens (tertiary/aromatic N) is 5. The van der Waals surface area contributed by atoms with Gasteiger partial charge in [0.2, 0.25) is 0 Å². The zero-order chi connectivity index (χ0) is 8.97. The second-order valence-electron chi connectivity index (χ2n) is 1.82. The zero-order valence-electron chi connectivity index (χ0n) is 5.78. The average molecular weight is 165 g/mol. The van der Waals surface area contributed by atoms with Gasteiger partial charge in [0.25, 0.3) is 5.69 Å². The Kier molecular flexibility index (Phi) is 2.20. The third-order valence-electron chi connectivity index (χ3n) is 1.09. The van der Waals surface area contributed by atoms with Crippen LogP contribution in [0, 0.1) is 10.1 Å². The van der Waals surface area contributed by atoms with E-state index in [1.165, 1.54) is 12.3 Å². The monoisotopic (exact) mass is 165 g/mol. The first-order valence-electron chi connectivity index (χ1n) is 2.89. The lowest BCUT2D eigenvalue weighted by atomic mass is 10.4. The molecule has 1 heterocycles. The predicted octanol–water partition coefficient (Wildman–Crippen LogP) is 1.93. The first-order valence-corrected chi connectivity index (χ1v) is 2.89. The second-order valence-corrected chi connectivity index (χ2v) is 1.82. The van der Waals surface area contributed by atoms with Crippen molar-refractivity contribution in [1.29, 1.82) is 0 Å². The van der Waals surface area contributed by atoms with Gasteiger partial charge in [-0.3, -0.25) is 15.1 Å². The predicted molar refractivity (Wildman–Crippen MR) is 39.7 cm³/mol. The first-order chi connectivity index (χ1) is 5.74. The highest BCUT2D eigenvalue weighted by atomic mass is 16.6. The van der Waals surface area contributed by atoms with Gasteiger partial charge >= 0.3 is 0 Å². The number of pyridine rings is 1. The average Bonchev–Trinajstić information content (AvgIpc) is 2.05. The van der Waals surface area contributed by atoms with Gasteiger partial charge < -0.3 is 0 Å². The molecule has 7 nitrogen and oxygen atoms in total. The third kappa shape index (κ3) is 1.68. The summed E-state index contributed by atoms with van der Waals surface area (Å²) >= 11 is 0. The van der Waals surface area contributed by atoms with Crippen LogP contribution in [0.25, 0.3) is 10.4 Å². The van der Waals surface area contributed by atoms with Crippen LogP contribution in [0.1, 0.15) is 0 Å². The molecule has 0 N–H and O–H groups in total. The molecule has 1 aromatic rings. The summed E-state index contributed by atoms with van der Waals surface area (Å²) in [5.74, 6) is -0.00769. The minimum absolute atomic E-state index is 0.00769. The molecule has 0 saturated carbocycles. The molecule has 12 heavy (non-hydrogen) atoms. The number of rotatable bonds is 2. The fraction of sp³-hybridized carbons (Fsp3) is 0. The molecular formula is C5H3N5O2. The number of hydrogen-bond acceptors (Lipinski definition) is 4. The van der Waals surface area contributed by atoms with Crippen molar-refractivity contribution < 1.29 is 4.92 Å². The van der Waals surface area contributed by atoms with Crippen molar-refractivity contribution in [3.8, 4) is 0 Å². The van der Waals surface area contributed by atoms with Crippen LogP contribution in [0.2, 0.25) is 0 Å². The van der Waals surface area contributed by atoms with Crippen molar-refractivity contribution in [3.63, 3.8) is 0 Å². The van der Waals surface area contributed by atoms with Gasteiger partial charge in [-0.05, 0) is 10.6 Å². The molecule has 0 saturated heterocycles. The van der Waals surface area contributed by atoms with E-state index < -0.39 is 4.92 Å². The van der Waals surface area contributed by atoms with E-state index >= 15 is 0 Å². The van der Waals surface area contributed by atoms with Crippen molar-refractivity contribution in [2.24, 2.45) is 5.11 Å². The Labute approximate surface area is 66.4 Å². The quantitative estimate of drug-likeness (QED) is 0.219. The fourth-order valence-corrected chi connectivity index (χ4v) is 0.622. The van der Waals surface area contributed by atoms with E-state index in [1.807, 2.05) is 0 Å². The Balaban J connectivity index is 3.11. The molecule has 0 bridgehead atoms. The number of hydrogen-bond donors (Lipinski definition) is 0. The van der Waals surface area contributed by atoms with Gasteiger partial charge in [0.1, 0.15) is 5.82 Å². The Morgan fingerprint density at radius 3 is 3.08 bits per heavy atom. The molecule has 0 spiro atoms. The van der Waals surface area contributed by atoms with Crippen LogP contribution in [0.5, 0.6) is 0 Å². The number of azide groups is 1. The summed E-state index contributed by atoms with van der Waals surface area (Å²) < 4.78 is 0. The highest BCUT2D eigenvalue weighted by molar-refractivity contribution is 5.39. The second kappa shape index (κ2) is 3.31. The molecule has 0 aliphatic carbocycles. The maximum atomic E-state index is 10.2. The molecule has 0 aliphatic heterocycles. The first kappa shape index (κ1) is 7.96. The largest absolute Gasteiger partial charge is 0.272 e. The molecule has 0 aliphatic rings. The highest BCUT2D eigenvalue weighted by Crippen LogP contribution is 2.16. The summed E-state index contributed by atoms with van der Waals surface area (Å²) in [6.07, 6.45) is 1.21. The summed E-state index contributed by atoms with van der Waals surface area (Å²) in [5, 5.41) is 13.3. The van der Waals surface area contributed by atoms with E-state index in [-0.39, 0.29) is 11.5 Å². The van der Waals surface area contributed by atoms with Crippen molar-refractivity contribution >= 4 is 11.5 Å². The van der Waals surface area contributed by atoms with E-state index in [2.05, 4.69) is 15.0 Å². The van der Waals surface area contributed by atoms with E-state index in [0.717, 1.165) is 6.07 Å². The summed E-state index contributed by atoms with van der Waals surface area (Å²) in [6.45, 7) is 0. The highest BCUT2D eigenvalue weighted by Gasteiger charge is 2.04. The van der Waals surface area contributed by atoms with Crippen LogP contribution in [0.4, 0.5) is 11.5 Å². The summed E-state index contributed by atoms with van der Waals surface area (Å²) in [5.41, 5.74) is 7.85. The Bertz CT molecular complexity index is 339. The Morgan fingerprint density at radius 1 is 1.75 bits per heavy atom. The van der Waals surface area contributed by atoms with Crippen molar-refractivity contribution in [2.45, 2.75) is 0 Å². The normalized spacial score (nSPS) is 8.67. The van der Waals surface area contributed by atoms with Crippen molar-refractivity contribution in [1.82, 2.24) is 4.98 Å². The number of aromatic nitrogens is 1. The van der Waals surface area contributed by atoms with Gasteiger partial charge in [-0.15, -0.1) is 0 Å². The standard InChI is InChI=1S/C5H3N5O2/c6-9-8-5-3-4(10(11)12)1-2-7-5/h1-3H. The molecule has 7 heteroatoms. The van der Waals surface area contributed by atoms with Crippen LogP contribution < -0.4 is 0 Å². The lowest BCUT2D eigenvalue weighted by Crippen LogP contribution is -1.87. The van der Waals surface area contributed by atoms with Gasteiger partial charge in [-0.2, -0.15) is 0 Å². The van der Waals surface area contributed by atoms with Crippen molar-refractivity contribution in [2.75, 3.05) is 0 Å². The lowest BCUT2D eigenvalue weighted by Gasteiger charge is -1.90. The van der Waals surface area contributed by atoms with Crippen LogP contribution in [0.15, 0.2) is 23.4 Å². The minimum atomic E-state index is -0.585. The topological polar surface area (TPSA) is 105 Å². The molecule has 0 radical (unpaired) electrons. The van der Waals surface area contributed by atoms with Crippen molar-refractivity contribution in [3.05, 3.63) is 38.9 Å². The van der Waals surface area contributed by atoms with Crippen LogP contribution in [-0.2, 0) is 0 Å². The molecule has 0 atom stereocenters. The molecule has 60 valence electrons. The molecular weight excluding hydrogens is 162 g/mol. The van der Waals surface area contributed by atoms with E-state index in [4.69, 9.17) is 5.53 Å². The smallest absolute Gasteiger partial charge is 0.258 e. The maximum Gasteiger partial charge on any atom is 0.272 e. The van der Waals surface area contributed by atoms with Crippen LogP contribution in [-0.4, -0.2) is 9.91 Å². The SMILES string of the molecule is [N-]=[N+]=Nc1cc([N+](=O)[O-])ccn1. The van der Waals surface area contributed by atoms with Crippen LogP contribution in [0.3, 0.4) is 0 Å². The number of nitro groups is 1. The molecule has 0 fully saturated rings. The molecule has 0 amide bonds. The molecule has 1 rings (SSSR count). The minimum Gasteiger partial charge on any atom is -0.258 e. The molecule has 1 aromatic heterocycles. The van der Waals surface area contributed by atoms with E-state index in [0.29, 0.717) is 0 Å². The zero-order valence-corrected chi connectivity index (χ0v) is 5.78. The Morgan fingerprint density at radius 2 is 2.50 bits per heavy atom. The Hall–Kier alpha value is -2.14. The molecule has 0 unspecified atom stereocenters. The van der Waals surface area contributed by atoms with Gasteiger partial charge in [-0.1, -0.05) is 0 Å². The van der Waals surface area contributed by atoms with E-state index in [9.17, 15) is 10.1 Å². The maximum absolute atomic E-state index is 10.2. The fourth-order valence-electron chi connectivity index (χ4n) is 0.622.